The van der Waals surface area contributed by atoms with Crippen LogP contribution in [0.1, 0.15) is 28.9 Å². The number of guanidine groups is 1. The Kier molecular flexibility index (Phi) is 8.49. The Balaban J connectivity index is 2.34. The number of aliphatic imine (C=N–C) groups is 1. The fourth-order valence-corrected chi connectivity index (χ4v) is 3.25. The van der Waals surface area contributed by atoms with Crippen molar-refractivity contribution >= 4 is 27.3 Å². The SMILES string of the molecule is CCNC(=NCCCNS(C)(=O)=O)NCCc1nc(C)c(C)s1. The first kappa shape index (κ1) is 19.9. The summed E-state index contributed by atoms with van der Waals surface area (Å²) in [6.45, 7) is 8.63. The molecule has 0 spiro atoms. The van der Waals surface area contributed by atoms with Gasteiger partial charge < -0.3 is 10.6 Å². The Morgan fingerprint density at radius 3 is 2.57 bits per heavy atom. The van der Waals surface area contributed by atoms with Crippen LogP contribution in [-0.4, -0.2) is 51.8 Å². The van der Waals surface area contributed by atoms with E-state index in [2.05, 4.69) is 32.3 Å². The molecule has 0 saturated carbocycles. The first-order valence-corrected chi connectivity index (χ1v) is 10.4. The molecule has 0 radical (unpaired) electrons. The lowest BCUT2D eigenvalue weighted by Crippen LogP contribution is -2.38. The van der Waals surface area contributed by atoms with Crippen molar-refractivity contribution in [2.45, 2.75) is 33.6 Å². The van der Waals surface area contributed by atoms with Gasteiger partial charge in [0.2, 0.25) is 10.0 Å². The fourth-order valence-electron chi connectivity index (χ4n) is 1.80. The highest BCUT2D eigenvalue weighted by Crippen LogP contribution is 2.16. The molecule has 3 N–H and O–H groups in total. The van der Waals surface area contributed by atoms with E-state index in [4.69, 9.17) is 0 Å². The van der Waals surface area contributed by atoms with E-state index in [0.717, 1.165) is 42.4 Å². The number of hydrogen-bond acceptors (Lipinski definition) is 5. The van der Waals surface area contributed by atoms with Gasteiger partial charge in [0.15, 0.2) is 5.96 Å². The van der Waals surface area contributed by atoms with Gasteiger partial charge in [0.25, 0.3) is 0 Å². The summed E-state index contributed by atoms with van der Waals surface area (Å²) in [7, 11) is -3.12. The monoisotopic (exact) mass is 361 g/mol. The zero-order chi connectivity index (χ0) is 17.3. The molecule has 0 unspecified atom stereocenters. The minimum absolute atomic E-state index is 0.402. The second kappa shape index (κ2) is 9.84. The van der Waals surface area contributed by atoms with E-state index in [1.54, 1.807) is 11.3 Å². The van der Waals surface area contributed by atoms with Crippen LogP contribution in [-0.2, 0) is 16.4 Å². The molecule has 132 valence electrons. The summed E-state index contributed by atoms with van der Waals surface area (Å²) in [5.41, 5.74) is 1.10. The highest BCUT2D eigenvalue weighted by atomic mass is 32.2. The average Bonchev–Trinajstić information content (AvgIpc) is 2.76. The van der Waals surface area contributed by atoms with E-state index in [1.807, 2.05) is 13.8 Å². The zero-order valence-corrected chi connectivity index (χ0v) is 15.9. The maximum absolute atomic E-state index is 11.0. The van der Waals surface area contributed by atoms with Crippen molar-refractivity contribution < 1.29 is 8.42 Å². The third-order valence-electron chi connectivity index (χ3n) is 3.02. The van der Waals surface area contributed by atoms with Crippen LogP contribution in [0.3, 0.4) is 0 Å². The number of nitrogens with zero attached hydrogens (tertiary/aromatic N) is 2. The molecule has 0 aliphatic rings. The number of aromatic nitrogens is 1. The smallest absolute Gasteiger partial charge is 0.208 e. The van der Waals surface area contributed by atoms with Crippen LogP contribution in [0, 0.1) is 13.8 Å². The van der Waals surface area contributed by atoms with Crippen molar-refractivity contribution in [3.63, 3.8) is 0 Å². The molecule has 0 aliphatic carbocycles. The van der Waals surface area contributed by atoms with Crippen molar-refractivity contribution in [2.75, 3.05) is 32.4 Å². The topological polar surface area (TPSA) is 95.5 Å². The van der Waals surface area contributed by atoms with E-state index in [1.165, 1.54) is 4.88 Å². The summed E-state index contributed by atoms with van der Waals surface area (Å²) >= 11 is 1.73. The lowest BCUT2D eigenvalue weighted by atomic mass is 10.4. The molecule has 9 heteroatoms. The average molecular weight is 362 g/mol. The summed E-state index contributed by atoms with van der Waals surface area (Å²) in [6.07, 6.45) is 2.68. The van der Waals surface area contributed by atoms with Crippen LogP contribution in [0.5, 0.6) is 0 Å². The lowest BCUT2D eigenvalue weighted by Gasteiger charge is -2.10. The molecule has 0 amide bonds. The Bertz CT molecular complexity index is 591. The van der Waals surface area contributed by atoms with Gasteiger partial charge in [-0.2, -0.15) is 0 Å². The van der Waals surface area contributed by atoms with Gasteiger partial charge >= 0.3 is 0 Å². The van der Waals surface area contributed by atoms with Gasteiger partial charge in [0.05, 0.1) is 17.0 Å². The summed E-state index contributed by atoms with van der Waals surface area (Å²) in [4.78, 5) is 10.2. The van der Waals surface area contributed by atoms with Crippen LogP contribution in [0.4, 0.5) is 0 Å². The number of rotatable bonds is 9. The van der Waals surface area contributed by atoms with E-state index >= 15 is 0 Å². The molecule has 0 fully saturated rings. The molecule has 1 aromatic rings. The molecule has 1 aromatic heterocycles. The molecular formula is C14H27N5O2S2. The minimum atomic E-state index is -3.12. The second-order valence-corrected chi connectivity index (χ2v) is 8.33. The van der Waals surface area contributed by atoms with Crippen molar-refractivity contribution in [3.05, 3.63) is 15.6 Å². The van der Waals surface area contributed by atoms with Crippen molar-refractivity contribution in [1.29, 1.82) is 0 Å². The highest BCUT2D eigenvalue weighted by Gasteiger charge is 2.04. The number of nitrogens with one attached hydrogen (secondary N) is 3. The largest absolute Gasteiger partial charge is 0.357 e. The molecule has 1 rings (SSSR count). The Morgan fingerprint density at radius 2 is 2.00 bits per heavy atom. The molecular weight excluding hydrogens is 334 g/mol. The van der Waals surface area contributed by atoms with Crippen LogP contribution >= 0.6 is 11.3 Å². The van der Waals surface area contributed by atoms with Crippen LogP contribution in [0.25, 0.3) is 0 Å². The first-order valence-electron chi connectivity index (χ1n) is 7.71. The number of aryl methyl sites for hydroxylation is 2. The van der Waals surface area contributed by atoms with Crippen LogP contribution < -0.4 is 15.4 Å². The molecule has 7 nitrogen and oxygen atoms in total. The Morgan fingerprint density at radius 1 is 1.26 bits per heavy atom. The quantitative estimate of drug-likeness (QED) is 0.343. The van der Waals surface area contributed by atoms with Gasteiger partial charge in [-0.05, 0) is 27.2 Å². The van der Waals surface area contributed by atoms with Gasteiger partial charge in [-0.1, -0.05) is 0 Å². The molecule has 23 heavy (non-hydrogen) atoms. The lowest BCUT2D eigenvalue weighted by molar-refractivity contribution is 0.585. The van der Waals surface area contributed by atoms with E-state index in [-0.39, 0.29) is 0 Å². The zero-order valence-electron chi connectivity index (χ0n) is 14.3. The predicted molar refractivity (Wildman–Crippen MR) is 96.7 cm³/mol. The van der Waals surface area contributed by atoms with Crippen LogP contribution in [0.2, 0.25) is 0 Å². The van der Waals surface area contributed by atoms with Crippen molar-refractivity contribution in [3.8, 4) is 0 Å². The van der Waals surface area contributed by atoms with E-state index < -0.39 is 10.0 Å². The fraction of sp³-hybridized carbons (Fsp3) is 0.714. The normalized spacial score (nSPS) is 12.4. The molecule has 0 aromatic carbocycles. The highest BCUT2D eigenvalue weighted by molar-refractivity contribution is 7.88. The van der Waals surface area contributed by atoms with Crippen LogP contribution in [0.15, 0.2) is 4.99 Å². The molecule has 0 aliphatic heterocycles. The van der Waals surface area contributed by atoms with Crippen molar-refractivity contribution in [1.82, 2.24) is 20.3 Å². The van der Waals surface area contributed by atoms with E-state index in [0.29, 0.717) is 19.5 Å². The minimum Gasteiger partial charge on any atom is -0.357 e. The third-order valence-corrected chi connectivity index (χ3v) is 4.88. The molecule has 0 saturated heterocycles. The maximum Gasteiger partial charge on any atom is 0.208 e. The number of thiazole rings is 1. The summed E-state index contributed by atoms with van der Waals surface area (Å²) < 4.78 is 24.4. The summed E-state index contributed by atoms with van der Waals surface area (Å²) in [5, 5.41) is 7.57. The van der Waals surface area contributed by atoms with Gasteiger partial charge in [-0.25, -0.2) is 18.1 Å². The van der Waals surface area contributed by atoms with Gasteiger partial charge in [0, 0.05) is 37.5 Å². The second-order valence-electron chi connectivity index (χ2n) is 5.21. The molecule has 0 bridgehead atoms. The summed E-state index contributed by atoms with van der Waals surface area (Å²) in [5.74, 6) is 0.747. The summed E-state index contributed by atoms with van der Waals surface area (Å²) in [6, 6.07) is 0. The van der Waals surface area contributed by atoms with Crippen molar-refractivity contribution in [2.24, 2.45) is 4.99 Å². The molecule has 0 atom stereocenters. The maximum atomic E-state index is 11.0. The van der Waals surface area contributed by atoms with Gasteiger partial charge in [0.1, 0.15) is 0 Å². The number of hydrogen-bond donors (Lipinski definition) is 3. The Labute approximate surface area is 143 Å². The van der Waals surface area contributed by atoms with Gasteiger partial charge in [-0.3, -0.25) is 4.99 Å². The number of sulfonamides is 1. The standard InChI is InChI=1S/C14H27N5O2S2/c1-5-15-14(16-8-6-9-18-23(4,20)21)17-10-7-13-19-11(2)12(3)22-13/h18H,5-10H2,1-4H3,(H2,15,16,17). The first-order chi connectivity index (χ1) is 10.8. The molecule has 1 heterocycles. The predicted octanol–water partition coefficient (Wildman–Crippen LogP) is 0.797. The third kappa shape index (κ3) is 8.87. The van der Waals surface area contributed by atoms with Gasteiger partial charge in [-0.15, -0.1) is 11.3 Å². The van der Waals surface area contributed by atoms with E-state index in [9.17, 15) is 8.42 Å². The Hall–Kier alpha value is -1.19.